The zero-order valence-corrected chi connectivity index (χ0v) is 35.7. The number of carbonyl (C=O) groups is 3. The fourth-order valence-electron chi connectivity index (χ4n) is 6.14. The minimum absolute atomic E-state index is 0.0147. The number of carbonyl (C=O) groups excluding carboxylic acids is 2. The third kappa shape index (κ3) is 14.7. The van der Waals surface area contributed by atoms with E-state index in [1.807, 2.05) is 32.0 Å². The fourth-order valence-corrected chi connectivity index (χ4v) is 6.14. The number of fused-ring (bicyclic) bond motifs is 1. The number of ether oxygens (including phenoxy) is 2. The summed E-state index contributed by atoms with van der Waals surface area (Å²) in [6.07, 6.45) is 7.16. The van der Waals surface area contributed by atoms with Crippen LogP contribution >= 0.6 is 0 Å². The molecular weight excluding hydrogens is 757 g/mol. The molecule has 0 spiro atoms. The highest BCUT2D eigenvalue weighted by molar-refractivity contribution is 5.97. The van der Waals surface area contributed by atoms with E-state index in [2.05, 4.69) is 75.5 Å². The van der Waals surface area contributed by atoms with Crippen molar-refractivity contribution in [1.82, 2.24) is 45.6 Å². The first-order chi connectivity index (χ1) is 27.8. The smallest absolute Gasteiger partial charge is 0.326 e. The largest absolute Gasteiger partial charge is 0.480 e. The lowest BCUT2D eigenvalue weighted by molar-refractivity contribution is -0.139. The topological polar surface area (TPSA) is 252 Å². The number of nitrogens with one attached hydrogen (secondary N) is 2. The van der Waals surface area contributed by atoms with Gasteiger partial charge in [-0.15, -0.1) is 5.10 Å². The Hall–Kier alpha value is -5.49. The van der Waals surface area contributed by atoms with Crippen LogP contribution in [0.1, 0.15) is 109 Å². The van der Waals surface area contributed by atoms with Gasteiger partial charge in [0.1, 0.15) is 6.04 Å². The second-order valence-electron chi connectivity index (χ2n) is 16.8. The molecule has 0 saturated carbocycles. The van der Waals surface area contributed by atoms with Gasteiger partial charge in [0.05, 0.1) is 43.4 Å². The van der Waals surface area contributed by atoms with Crippen LogP contribution in [-0.4, -0.2) is 102 Å². The second kappa shape index (κ2) is 21.0. The van der Waals surface area contributed by atoms with Gasteiger partial charge in [-0.2, -0.15) is 9.97 Å². The fraction of sp³-hybridized carbons (Fsp3) is 0.585. The van der Waals surface area contributed by atoms with Crippen LogP contribution in [0.3, 0.4) is 0 Å². The lowest BCUT2D eigenvalue weighted by Gasteiger charge is -2.26. The molecule has 0 saturated heterocycles. The van der Waals surface area contributed by atoms with Crippen molar-refractivity contribution in [1.29, 1.82) is 0 Å². The number of nitrogen functional groups attached to an aromatic ring is 2. The van der Waals surface area contributed by atoms with Gasteiger partial charge in [0.15, 0.2) is 17.0 Å². The van der Waals surface area contributed by atoms with E-state index in [1.165, 1.54) is 0 Å². The van der Waals surface area contributed by atoms with E-state index in [0.717, 1.165) is 30.6 Å². The molecule has 0 aliphatic carbocycles. The van der Waals surface area contributed by atoms with Crippen molar-refractivity contribution in [2.45, 2.75) is 123 Å². The Kier molecular flexibility index (Phi) is 16.4. The molecule has 0 radical (unpaired) electrons. The van der Waals surface area contributed by atoms with E-state index >= 15 is 0 Å². The van der Waals surface area contributed by atoms with Gasteiger partial charge in [-0.05, 0) is 83.1 Å². The summed E-state index contributed by atoms with van der Waals surface area (Å²) >= 11 is 0. The molecule has 59 heavy (non-hydrogen) atoms. The normalized spacial score (nSPS) is 13.0. The second-order valence-corrected chi connectivity index (χ2v) is 16.8. The van der Waals surface area contributed by atoms with Crippen LogP contribution in [0.4, 0.5) is 17.5 Å². The van der Waals surface area contributed by atoms with E-state index in [9.17, 15) is 19.5 Å². The predicted octanol–water partition coefficient (Wildman–Crippen LogP) is 4.29. The number of aliphatic carboxylic acids is 1. The summed E-state index contributed by atoms with van der Waals surface area (Å²) in [7, 11) is 1.84. The quantitative estimate of drug-likeness (QED) is 0.0619. The van der Waals surface area contributed by atoms with E-state index in [1.54, 1.807) is 35.1 Å². The molecule has 7 N–H and O–H groups in total. The maximum absolute atomic E-state index is 13.0. The van der Waals surface area contributed by atoms with Gasteiger partial charge in [0.2, 0.25) is 11.9 Å². The summed E-state index contributed by atoms with van der Waals surface area (Å²) < 4.78 is 13.7. The van der Waals surface area contributed by atoms with Crippen LogP contribution in [-0.2, 0) is 37.6 Å². The average molecular weight is 819 g/mol. The minimum Gasteiger partial charge on any atom is -0.480 e. The lowest BCUT2D eigenvalue weighted by Crippen LogP contribution is -2.46. The number of nitrogens with two attached hydrogens (primary N) is 2. The molecule has 2 unspecified atom stereocenters. The molecule has 3 aromatic heterocycles. The van der Waals surface area contributed by atoms with Gasteiger partial charge in [0.25, 0.3) is 5.91 Å². The van der Waals surface area contributed by atoms with Gasteiger partial charge in [-0.1, -0.05) is 32.9 Å². The zero-order valence-electron chi connectivity index (χ0n) is 35.7. The van der Waals surface area contributed by atoms with E-state index < -0.39 is 23.5 Å². The zero-order chi connectivity index (χ0) is 43.3. The molecule has 1 aromatic carbocycles. The summed E-state index contributed by atoms with van der Waals surface area (Å²) in [5.41, 5.74) is 14.0. The first kappa shape index (κ1) is 46.2. The number of rotatable bonds is 24. The molecule has 4 rings (SSSR count). The minimum atomic E-state index is -1.26. The van der Waals surface area contributed by atoms with E-state index in [0.29, 0.717) is 62.1 Å². The number of nitrogens with zero attached hydrogens (tertiary/aromatic N) is 8. The number of amides is 2. The number of anilines is 3. The average Bonchev–Trinajstić information content (AvgIpc) is 3.65. The number of carboxylic acids is 1. The Morgan fingerprint density at radius 1 is 0.949 bits per heavy atom. The molecule has 0 bridgehead atoms. The molecule has 3 heterocycles. The van der Waals surface area contributed by atoms with Crippen LogP contribution in [0, 0.1) is 5.92 Å². The molecule has 0 fully saturated rings. The number of carboxylic acid groups (broad SMARTS) is 1. The molecule has 322 valence electrons. The molecule has 18 nitrogen and oxygen atoms in total. The monoisotopic (exact) mass is 818 g/mol. The van der Waals surface area contributed by atoms with Crippen molar-refractivity contribution in [3.05, 3.63) is 53.6 Å². The van der Waals surface area contributed by atoms with Gasteiger partial charge < -0.3 is 41.6 Å². The third-order valence-corrected chi connectivity index (χ3v) is 10.1. The number of hydrogen-bond acceptors (Lipinski definition) is 14. The van der Waals surface area contributed by atoms with Crippen molar-refractivity contribution in [3.63, 3.8) is 0 Å². The van der Waals surface area contributed by atoms with E-state index in [4.69, 9.17) is 20.9 Å². The Balaban J connectivity index is 1.15. The molecule has 18 heteroatoms. The molecule has 4 aromatic rings. The van der Waals surface area contributed by atoms with Gasteiger partial charge in [-0.25, -0.2) is 19.4 Å². The Bertz CT molecular complexity index is 2000. The summed E-state index contributed by atoms with van der Waals surface area (Å²) in [6.45, 7) is 17.0. The van der Waals surface area contributed by atoms with Crippen LogP contribution in [0.25, 0.3) is 11.2 Å². The molecule has 2 amide bonds. The van der Waals surface area contributed by atoms with Gasteiger partial charge in [0, 0.05) is 55.1 Å². The maximum Gasteiger partial charge on any atom is 0.326 e. The van der Waals surface area contributed by atoms with Crippen molar-refractivity contribution in [2.75, 3.05) is 43.2 Å². The molecule has 0 aliphatic rings. The number of benzene rings is 1. The van der Waals surface area contributed by atoms with Crippen molar-refractivity contribution >= 4 is 46.4 Å². The molecule has 0 aliphatic heterocycles. The Labute approximate surface area is 346 Å². The first-order valence-electron chi connectivity index (χ1n) is 20.1. The summed E-state index contributed by atoms with van der Waals surface area (Å²) in [5.74, 6) is -1.32. The summed E-state index contributed by atoms with van der Waals surface area (Å²) in [5, 5.41) is 24.0. The van der Waals surface area contributed by atoms with Crippen LogP contribution < -0.4 is 27.0 Å². The first-order valence-corrected chi connectivity index (χ1v) is 20.1. The summed E-state index contributed by atoms with van der Waals surface area (Å²) in [6, 6.07) is 5.39. The standard InChI is InChI=1S/C41H62N12O6/c1-26(2)9-10-27(3)59-21-17-40(4,5)32-25-53(51-50-32)19-22-58-20-18-41(6,7)49-33(54)16-15-31(38(56)57)46-37(55)28-11-13-30(14-12-28)52(8)24-29-23-44-36-34(45-29)35(42)47-39(43)48-36/h11-14,23,25-27,31H,9-10,15-22,24H2,1-8H3,(H,46,55)(H,49,54)(H,56,57)(H4,42,43,44,47,48). The Morgan fingerprint density at radius 2 is 1.68 bits per heavy atom. The predicted molar refractivity (Wildman–Crippen MR) is 225 cm³/mol. The van der Waals surface area contributed by atoms with Crippen LogP contribution in [0.2, 0.25) is 0 Å². The number of hydrogen-bond donors (Lipinski definition) is 5. The van der Waals surface area contributed by atoms with Crippen LogP contribution in [0.15, 0.2) is 36.7 Å². The Morgan fingerprint density at radius 3 is 2.37 bits per heavy atom. The highest BCUT2D eigenvalue weighted by Crippen LogP contribution is 2.25. The van der Waals surface area contributed by atoms with Crippen molar-refractivity contribution < 1.29 is 29.0 Å². The highest BCUT2D eigenvalue weighted by atomic mass is 16.5. The lowest BCUT2D eigenvalue weighted by atomic mass is 9.86. The van der Waals surface area contributed by atoms with Gasteiger partial charge >= 0.3 is 5.97 Å². The van der Waals surface area contributed by atoms with Crippen molar-refractivity contribution in [3.8, 4) is 0 Å². The SMILES string of the molecule is CC(C)CCC(C)OCCC(C)(C)c1cn(CCOCCC(C)(C)NC(=O)CCC(NC(=O)c2ccc(N(C)Cc3cnc4nc(N)nc(N)c4n3)cc2)C(=O)O)nn1. The third-order valence-electron chi connectivity index (χ3n) is 10.1. The molecule has 2 atom stereocenters. The summed E-state index contributed by atoms with van der Waals surface area (Å²) in [4.78, 5) is 56.6. The van der Waals surface area contributed by atoms with Crippen LogP contribution in [0.5, 0.6) is 0 Å². The highest BCUT2D eigenvalue weighted by Gasteiger charge is 2.26. The number of aromatic nitrogens is 7. The van der Waals surface area contributed by atoms with Crippen molar-refractivity contribution in [2.24, 2.45) is 5.92 Å². The molecular formula is C41H62N12O6. The van der Waals surface area contributed by atoms with E-state index in [-0.39, 0.29) is 47.6 Å². The maximum atomic E-state index is 13.0. The van der Waals surface area contributed by atoms with Gasteiger partial charge in [-0.3, -0.25) is 9.59 Å².